The Hall–Kier alpha value is -2.76. The quantitative estimate of drug-likeness (QED) is 0.331. The van der Waals surface area contributed by atoms with Crippen molar-refractivity contribution in [2.75, 3.05) is 13.7 Å². The van der Waals surface area contributed by atoms with Crippen LogP contribution in [0.3, 0.4) is 0 Å². The summed E-state index contributed by atoms with van der Waals surface area (Å²) in [5, 5.41) is 11.4. The molecule has 33 heavy (non-hydrogen) atoms. The Bertz CT molecular complexity index is 1090. The fraction of sp³-hybridized carbons (Fsp3) is 0.269. The molecule has 4 nitrogen and oxygen atoms in total. The summed E-state index contributed by atoms with van der Waals surface area (Å²) in [6.45, 7) is 1.83. The van der Waals surface area contributed by atoms with Gasteiger partial charge in [0.15, 0.2) is 6.61 Å². The van der Waals surface area contributed by atoms with Crippen LogP contribution in [0, 0.1) is 5.82 Å². The van der Waals surface area contributed by atoms with Crippen LogP contribution in [-0.2, 0) is 16.0 Å². The van der Waals surface area contributed by atoms with Crippen molar-refractivity contribution in [3.05, 3.63) is 92.7 Å². The van der Waals surface area contributed by atoms with Crippen molar-refractivity contribution in [1.29, 1.82) is 0 Å². The molecule has 174 valence electrons. The summed E-state index contributed by atoms with van der Waals surface area (Å²) in [4.78, 5) is 11.3. The number of phenols is 1. The molecule has 0 radical (unpaired) electrons. The van der Waals surface area contributed by atoms with Crippen LogP contribution < -0.4 is 4.74 Å². The first-order valence-electron chi connectivity index (χ1n) is 10.6. The van der Waals surface area contributed by atoms with Crippen LogP contribution >= 0.6 is 23.2 Å². The van der Waals surface area contributed by atoms with Gasteiger partial charge in [0, 0.05) is 27.9 Å². The number of carbonyl (C=O) groups excluding carboxylic acids is 1. The van der Waals surface area contributed by atoms with E-state index in [4.69, 9.17) is 27.9 Å². The second-order valence-corrected chi connectivity index (χ2v) is 8.51. The third-order valence-corrected chi connectivity index (χ3v) is 6.07. The van der Waals surface area contributed by atoms with E-state index in [1.165, 1.54) is 19.2 Å². The van der Waals surface area contributed by atoms with E-state index in [1.807, 2.05) is 12.1 Å². The number of aromatic hydroxyl groups is 1. The predicted molar refractivity (Wildman–Crippen MR) is 128 cm³/mol. The molecule has 7 heteroatoms. The van der Waals surface area contributed by atoms with Gasteiger partial charge in [-0.1, -0.05) is 60.8 Å². The van der Waals surface area contributed by atoms with Crippen molar-refractivity contribution in [2.24, 2.45) is 0 Å². The average molecular weight is 491 g/mol. The number of esters is 1. The minimum Gasteiger partial charge on any atom is -0.508 e. The maximum atomic E-state index is 13.4. The van der Waals surface area contributed by atoms with Gasteiger partial charge in [-0.05, 0) is 53.4 Å². The number of phenolic OH excluding ortho intramolecular Hbond substituents is 1. The molecule has 0 amide bonds. The van der Waals surface area contributed by atoms with Gasteiger partial charge in [-0.25, -0.2) is 9.18 Å². The smallest absolute Gasteiger partial charge is 0.343 e. The first-order valence-corrected chi connectivity index (χ1v) is 11.3. The Morgan fingerprint density at radius 2 is 1.73 bits per heavy atom. The van der Waals surface area contributed by atoms with E-state index in [2.05, 4.69) is 11.7 Å². The second-order valence-electron chi connectivity index (χ2n) is 7.69. The minimum atomic E-state index is -0.509. The summed E-state index contributed by atoms with van der Waals surface area (Å²) in [6.07, 6.45) is 2.14. The molecule has 0 aromatic heterocycles. The van der Waals surface area contributed by atoms with Crippen molar-refractivity contribution < 1.29 is 23.8 Å². The van der Waals surface area contributed by atoms with Crippen molar-refractivity contribution in [3.8, 4) is 11.5 Å². The summed E-state index contributed by atoms with van der Waals surface area (Å²) >= 11 is 12.9. The highest BCUT2D eigenvalue weighted by atomic mass is 35.5. The maximum absolute atomic E-state index is 13.4. The maximum Gasteiger partial charge on any atom is 0.343 e. The zero-order valence-corrected chi connectivity index (χ0v) is 19.9. The Morgan fingerprint density at radius 1 is 1.06 bits per heavy atom. The SMILES string of the molecule is CCCC(c1ccc(F)cc1)c1cc(Cc2c(Cl)cc(OCC(=O)OC)cc2Cl)ccc1O. The Morgan fingerprint density at radius 3 is 2.33 bits per heavy atom. The minimum absolute atomic E-state index is 0.0735. The van der Waals surface area contributed by atoms with E-state index < -0.39 is 5.97 Å². The molecule has 3 aromatic carbocycles. The third kappa shape index (κ3) is 6.40. The lowest BCUT2D eigenvalue weighted by atomic mass is 9.85. The molecule has 0 saturated heterocycles. The Labute approximate surface area is 202 Å². The van der Waals surface area contributed by atoms with Crippen molar-refractivity contribution in [1.82, 2.24) is 0 Å². The number of carbonyl (C=O) groups is 1. The first kappa shape index (κ1) is 24.9. The number of hydrogen-bond acceptors (Lipinski definition) is 4. The molecule has 1 unspecified atom stereocenters. The number of methoxy groups -OCH3 is 1. The van der Waals surface area contributed by atoms with E-state index in [-0.39, 0.29) is 24.1 Å². The number of hydrogen-bond donors (Lipinski definition) is 1. The van der Waals surface area contributed by atoms with E-state index in [9.17, 15) is 14.3 Å². The Kier molecular flexibility index (Phi) is 8.59. The number of benzene rings is 3. The predicted octanol–water partition coefficient (Wildman–Crippen LogP) is 6.91. The summed E-state index contributed by atoms with van der Waals surface area (Å²) in [6, 6.07) is 15.0. The molecule has 0 heterocycles. The zero-order valence-electron chi connectivity index (χ0n) is 18.4. The summed E-state index contributed by atoms with van der Waals surface area (Å²) < 4.78 is 23.4. The Balaban J connectivity index is 1.88. The average Bonchev–Trinajstić information content (AvgIpc) is 2.80. The monoisotopic (exact) mass is 490 g/mol. The molecule has 0 aliphatic rings. The molecule has 0 saturated carbocycles. The number of halogens is 3. The highest BCUT2D eigenvalue weighted by Crippen LogP contribution is 2.37. The van der Waals surface area contributed by atoms with Crippen LogP contribution in [0.25, 0.3) is 0 Å². The van der Waals surface area contributed by atoms with Gasteiger partial charge in [0.2, 0.25) is 0 Å². The van der Waals surface area contributed by atoms with Crippen LogP contribution in [0.5, 0.6) is 11.5 Å². The van der Waals surface area contributed by atoms with Crippen LogP contribution in [-0.4, -0.2) is 24.8 Å². The van der Waals surface area contributed by atoms with Crippen LogP contribution in [0.1, 0.15) is 47.9 Å². The van der Waals surface area contributed by atoms with Gasteiger partial charge < -0.3 is 14.6 Å². The van der Waals surface area contributed by atoms with Crippen LogP contribution in [0.15, 0.2) is 54.6 Å². The van der Waals surface area contributed by atoms with Crippen molar-refractivity contribution in [2.45, 2.75) is 32.1 Å². The van der Waals surface area contributed by atoms with E-state index in [0.29, 0.717) is 27.8 Å². The molecule has 0 bridgehead atoms. The molecule has 1 atom stereocenters. The lowest BCUT2D eigenvalue weighted by Crippen LogP contribution is -2.12. The topological polar surface area (TPSA) is 55.8 Å². The third-order valence-electron chi connectivity index (χ3n) is 5.40. The molecule has 3 rings (SSSR count). The zero-order chi connectivity index (χ0) is 24.0. The number of ether oxygens (including phenoxy) is 2. The molecular formula is C26H25Cl2FO4. The van der Waals surface area contributed by atoms with Crippen molar-refractivity contribution >= 4 is 29.2 Å². The molecule has 0 aliphatic heterocycles. The van der Waals surface area contributed by atoms with Gasteiger partial charge in [0.25, 0.3) is 0 Å². The molecule has 0 spiro atoms. The summed E-state index contributed by atoms with van der Waals surface area (Å²) in [5.41, 5.74) is 3.33. The summed E-state index contributed by atoms with van der Waals surface area (Å²) in [5.74, 6) is -0.327. The molecule has 3 aromatic rings. The lowest BCUT2D eigenvalue weighted by molar-refractivity contribution is -0.142. The molecular weight excluding hydrogens is 466 g/mol. The molecule has 0 aliphatic carbocycles. The first-order chi connectivity index (χ1) is 15.8. The standard InChI is InChI=1S/C26H25Cl2FO4/c1-3-4-20(17-6-8-18(29)9-7-17)21-11-16(5-10-25(21)30)12-22-23(27)13-19(14-24(22)28)33-15-26(31)32-2/h5-11,13-14,20,30H,3-4,12,15H2,1-2H3. The van der Waals surface area contributed by atoms with Gasteiger partial charge in [-0.15, -0.1) is 0 Å². The van der Waals surface area contributed by atoms with Crippen molar-refractivity contribution in [3.63, 3.8) is 0 Å². The fourth-order valence-electron chi connectivity index (χ4n) is 3.72. The van der Waals surface area contributed by atoms with E-state index >= 15 is 0 Å². The van der Waals surface area contributed by atoms with E-state index in [1.54, 1.807) is 30.3 Å². The second kappa shape index (κ2) is 11.4. The lowest BCUT2D eigenvalue weighted by Gasteiger charge is -2.20. The molecule has 1 N–H and O–H groups in total. The van der Waals surface area contributed by atoms with E-state index in [0.717, 1.165) is 29.5 Å². The summed E-state index contributed by atoms with van der Waals surface area (Å²) in [7, 11) is 1.28. The van der Waals surface area contributed by atoms with Crippen LogP contribution in [0.4, 0.5) is 4.39 Å². The highest BCUT2D eigenvalue weighted by Gasteiger charge is 2.19. The van der Waals surface area contributed by atoms with Gasteiger partial charge >= 0.3 is 5.97 Å². The highest BCUT2D eigenvalue weighted by molar-refractivity contribution is 6.36. The van der Waals surface area contributed by atoms with Gasteiger partial charge in [-0.3, -0.25) is 0 Å². The van der Waals surface area contributed by atoms with Gasteiger partial charge in [-0.2, -0.15) is 0 Å². The molecule has 0 fully saturated rings. The van der Waals surface area contributed by atoms with Crippen LogP contribution in [0.2, 0.25) is 10.0 Å². The normalized spacial score (nSPS) is 11.8. The number of rotatable bonds is 9. The fourth-order valence-corrected chi connectivity index (χ4v) is 4.32. The van der Waals surface area contributed by atoms with Gasteiger partial charge in [0.1, 0.15) is 17.3 Å². The largest absolute Gasteiger partial charge is 0.508 e. The van der Waals surface area contributed by atoms with Gasteiger partial charge in [0.05, 0.1) is 7.11 Å².